The molecular weight excluding hydrogens is 332 g/mol. The summed E-state index contributed by atoms with van der Waals surface area (Å²) in [6.07, 6.45) is 4.19. The fraction of sp³-hybridized carbons (Fsp3) is 0.263. The summed E-state index contributed by atoms with van der Waals surface area (Å²) < 4.78 is 0. The van der Waals surface area contributed by atoms with Crippen molar-refractivity contribution in [3.63, 3.8) is 0 Å². The second kappa shape index (κ2) is 10.6. The molecule has 136 valence electrons. The number of nitrogens with zero attached hydrogens (tertiary/aromatic N) is 1. The summed E-state index contributed by atoms with van der Waals surface area (Å²) in [6.45, 7) is 0.684. The average molecular weight is 354 g/mol. The Kier molecular flexibility index (Phi) is 7.79. The third-order valence-corrected chi connectivity index (χ3v) is 3.52. The predicted molar refractivity (Wildman–Crippen MR) is 98.5 cm³/mol. The van der Waals surface area contributed by atoms with Crippen LogP contribution in [0.3, 0.4) is 0 Å². The molecule has 2 aromatic rings. The van der Waals surface area contributed by atoms with Gasteiger partial charge in [0, 0.05) is 37.7 Å². The van der Waals surface area contributed by atoms with Crippen molar-refractivity contribution in [1.82, 2.24) is 15.6 Å². The minimum absolute atomic E-state index is 0.145. The number of amides is 3. The fourth-order valence-electron chi connectivity index (χ4n) is 2.21. The van der Waals surface area contributed by atoms with Gasteiger partial charge in [0.2, 0.25) is 11.8 Å². The zero-order valence-electron chi connectivity index (χ0n) is 14.4. The van der Waals surface area contributed by atoms with Crippen molar-refractivity contribution < 1.29 is 14.4 Å². The predicted octanol–water partition coefficient (Wildman–Crippen LogP) is 1.74. The minimum atomic E-state index is -0.187. The first kappa shape index (κ1) is 19.1. The molecule has 3 N–H and O–H groups in total. The molecule has 0 saturated heterocycles. The molecule has 1 aromatic carbocycles. The van der Waals surface area contributed by atoms with E-state index in [2.05, 4.69) is 20.9 Å². The van der Waals surface area contributed by atoms with Crippen LogP contribution in [0.15, 0.2) is 54.9 Å². The number of carbonyl (C=O) groups is 3. The summed E-state index contributed by atoms with van der Waals surface area (Å²) in [5, 5.41) is 8.15. The van der Waals surface area contributed by atoms with Gasteiger partial charge in [0.15, 0.2) is 0 Å². The summed E-state index contributed by atoms with van der Waals surface area (Å²) in [6, 6.07) is 12.4. The number of hydrogen-bond donors (Lipinski definition) is 3. The Balaban J connectivity index is 1.53. The van der Waals surface area contributed by atoms with E-state index in [1.54, 1.807) is 48.8 Å². The Hall–Kier alpha value is -3.22. The molecule has 0 aliphatic carbocycles. The van der Waals surface area contributed by atoms with Crippen LogP contribution in [-0.4, -0.2) is 35.8 Å². The third-order valence-electron chi connectivity index (χ3n) is 3.52. The Labute approximate surface area is 152 Å². The number of aromatic nitrogens is 1. The lowest BCUT2D eigenvalue weighted by Crippen LogP contribution is -2.29. The van der Waals surface area contributed by atoms with Gasteiger partial charge < -0.3 is 16.0 Å². The molecule has 0 aliphatic heterocycles. The Morgan fingerprint density at radius 3 is 2.38 bits per heavy atom. The molecule has 0 bridgehead atoms. The maximum absolute atomic E-state index is 11.8. The number of rotatable bonds is 9. The van der Waals surface area contributed by atoms with Gasteiger partial charge in [0.1, 0.15) is 0 Å². The maximum atomic E-state index is 11.8. The van der Waals surface area contributed by atoms with Crippen molar-refractivity contribution in [2.45, 2.75) is 19.3 Å². The van der Waals surface area contributed by atoms with Gasteiger partial charge >= 0.3 is 0 Å². The Bertz CT molecular complexity index is 720. The van der Waals surface area contributed by atoms with E-state index in [1.807, 2.05) is 6.07 Å². The van der Waals surface area contributed by atoms with Gasteiger partial charge in [-0.25, -0.2) is 0 Å². The summed E-state index contributed by atoms with van der Waals surface area (Å²) in [5.41, 5.74) is 1.22. The van der Waals surface area contributed by atoms with E-state index in [-0.39, 0.29) is 30.7 Å². The topological polar surface area (TPSA) is 100 Å². The first-order valence-corrected chi connectivity index (χ1v) is 8.45. The van der Waals surface area contributed by atoms with Crippen molar-refractivity contribution in [1.29, 1.82) is 0 Å². The summed E-state index contributed by atoms with van der Waals surface area (Å²) in [7, 11) is 0. The number of pyridine rings is 1. The van der Waals surface area contributed by atoms with Crippen LogP contribution in [0.25, 0.3) is 0 Å². The molecule has 7 nitrogen and oxygen atoms in total. The SMILES string of the molecule is O=C(CCCNC(=O)c1ccccc1)NCCC(=O)Nc1cccnc1. The molecule has 1 heterocycles. The van der Waals surface area contributed by atoms with Crippen LogP contribution in [0.1, 0.15) is 29.6 Å². The van der Waals surface area contributed by atoms with Crippen LogP contribution in [0.4, 0.5) is 5.69 Å². The molecule has 7 heteroatoms. The largest absolute Gasteiger partial charge is 0.356 e. The number of hydrogen-bond acceptors (Lipinski definition) is 4. The highest BCUT2D eigenvalue weighted by molar-refractivity contribution is 5.94. The van der Waals surface area contributed by atoms with Crippen LogP contribution < -0.4 is 16.0 Å². The number of benzene rings is 1. The monoisotopic (exact) mass is 354 g/mol. The Morgan fingerprint density at radius 1 is 0.846 bits per heavy atom. The molecule has 1 aromatic heterocycles. The summed E-state index contributed by atoms with van der Waals surface area (Å²) in [5.74, 6) is -0.486. The molecule has 2 rings (SSSR count). The molecule has 3 amide bonds. The maximum Gasteiger partial charge on any atom is 0.251 e. The lowest BCUT2D eigenvalue weighted by molar-refractivity contribution is -0.121. The van der Waals surface area contributed by atoms with Crippen LogP contribution in [0, 0.1) is 0 Å². The van der Waals surface area contributed by atoms with Gasteiger partial charge in [-0.2, -0.15) is 0 Å². The molecule has 0 radical (unpaired) electrons. The number of nitrogens with one attached hydrogen (secondary N) is 3. The van der Waals surface area contributed by atoms with Crippen LogP contribution in [-0.2, 0) is 9.59 Å². The van der Waals surface area contributed by atoms with Gasteiger partial charge in [-0.1, -0.05) is 18.2 Å². The fourth-order valence-corrected chi connectivity index (χ4v) is 2.21. The van der Waals surface area contributed by atoms with E-state index in [4.69, 9.17) is 0 Å². The van der Waals surface area contributed by atoms with E-state index >= 15 is 0 Å². The molecule has 0 unspecified atom stereocenters. The molecule has 0 atom stereocenters. The third kappa shape index (κ3) is 7.12. The van der Waals surface area contributed by atoms with Gasteiger partial charge in [-0.3, -0.25) is 19.4 Å². The smallest absolute Gasteiger partial charge is 0.251 e. The average Bonchev–Trinajstić information content (AvgIpc) is 2.66. The van der Waals surface area contributed by atoms with Crippen molar-refractivity contribution >= 4 is 23.4 Å². The minimum Gasteiger partial charge on any atom is -0.356 e. The summed E-state index contributed by atoms with van der Waals surface area (Å²) >= 11 is 0. The number of anilines is 1. The zero-order valence-corrected chi connectivity index (χ0v) is 14.4. The first-order chi connectivity index (χ1) is 12.6. The van der Waals surface area contributed by atoms with E-state index in [0.29, 0.717) is 30.6 Å². The van der Waals surface area contributed by atoms with Crippen molar-refractivity contribution in [2.24, 2.45) is 0 Å². The van der Waals surface area contributed by atoms with Crippen molar-refractivity contribution in [3.05, 3.63) is 60.4 Å². The van der Waals surface area contributed by atoms with Gasteiger partial charge in [0.05, 0.1) is 11.9 Å². The second-order valence-corrected chi connectivity index (χ2v) is 5.62. The highest BCUT2D eigenvalue weighted by Crippen LogP contribution is 2.02. The van der Waals surface area contributed by atoms with E-state index in [0.717, 1.165) is 0 Å². The highest BCUT2D eigenvalue weighted by Gasteiger charge is 2.06. The Morgan fingerprint density at radius 2 is 1.65 bits per heavy atom. The van der Waals surface area contributed by atoms with E-state index in [1.165, 1.54) is 0 Å². The molecule has 0 spiro atoms. The van der Waals surface area contributed by atoms with Crippen LogP contribution in [0.5, 0.6) is 0 Å². The van der Waals surface area contributed by atoms with E-state index < -0.39 is 0 Å². The zero-order chi connectivity index (χ0) is 18.6. The van der Waals surface area contributed by atoms with Gasteiger partial charge in [0.25, 0.3) is 5.91 Å². The second-order valence-electron chi connectivity index (χ2n) is 5.62. The van der Waals surface area contributed by atoms with Gasteiger partial charge in [-0.15, -0.1) is 0 Å². The lowest BCUT2D eigenvalue weighted by Gasteiger charge is -2.07. The quantitative estimate of drug-likeness (QED) is 0.597. The molecule has 0 aliphatic rings. The van der Waals surface area contributed by atoms with Gasteiger partial charge in [-0.05, 0) is 30.7 Å². The summed E-state index contributed by atoms with van der Waals surface area (Å²) in [4.78, 5) is 39.2. The van der Waals surface area contributed by atoms with Crippen molar-refractivity contribution in [3.8, 4) is 0 Å². The van der Waals surface area contributed by atoms with Crippen LogP contribution >= 0.6 is 0 Å². The standard InChI is InChI=1S/C19H22N4O3/c24-17(9-5-12-22-19(26)15-6-2-1-3-7-15)21-13-10-18(25)23-16-8-4-11-20-14-16/h1-4,6-8,11,14H,5,9-10,12-13H2,(H,21,24)(H,22,26)(H,23,25). The van der Waals surface area contributed by atoms with Crippen LogP contribution in [0.2, 0.25) is 0 Å². The lowest BCUT2D eigenvalue weighted by atomic mass is 10.2. The molecular formula is C19H22N4O3. The first-order valence-electron chi connectivity index (χ1n) is 8.45. The normalized spacial score (nSPS) is 10.0. The number of carbonyl (C=O) groups excluding carboxylic acids is 3. The highest BCUT2D eigenvalue weighted by atomic mass is 16.2. The van der Waals surface area contributed by atoms with E-state index in [9.17, 15) is 14.4 Å². The molecule has 0 saturated carbocycles. The van der Waals surface area contributed by atoms with Crippen molar-refractivity contribution in [2.75, 3.05) is 18.4 Å². The molecule has 0 fully saturated rings. The molecule has 26 heavy (non-hydrogen) atoms.